The number of carbonyl (C=O) groups is 1. The maximum atomic E-state index is 11.7. The summed E-state index contributed by atoms with van der Waals surface area (Å²) in [5.41, 5.74) is 0. The lowest BCUT2D eigenvalue weighted by molar-refractivity contribution is -0.120. The highest BCUT2D eigenvalue weighted by Crippen LogP contribution is 2.42. The average Bonchev–Trinajstić information content (AvgIpc) is 2.72. The molecule has 0 saturated heterocycles. The van der Waals surface area contributed by atoms with Crippen LogP contribution in [0.15, 0.2) is 12.7 Å². The Morgan fingerprint density at radius 3 is 2.50 bits per heavy atom. The molecule has 4 unspecified atom stereocenters. The fraction of sp³-hybridized carbons (Fsp3) is 0.786. The maximum absolute atomic E-state index is 11.7. The Morgan fingerprint density at radius 2 is 2.06 bits per heavy atom. The van der Waals surface area contributed by atoms with E-state index in [2.05, 4.69) is 6.58 Å². The van der Waals surface area contributed by atoms with Crippen LogP contribution in [0.2, 0.25) is 0 Å². The van der Waals surface area contributed by atoms with Gasteiger partial charge in [0.2, 0.25) is 0 Å². The predicted molar refractivity (Wildman–Crippen MR) is 74.1 cm³/mol. The largest absolute Gasteiger partial charge is 0.300 e. The zero-order chi connectivity index (χ0) is 13.9. The number of hydrogen-bond acceptors (Lipinski definition) is 3. The van der Waals surface area contributed by atoms with Crippen molar-refractivity contribution in [2.75, 3.05) is 11.5 Å². The van der Waals surface area contributed by atoms with Crippen molar-refractivity contribution in [3.8, 4) is 0 Å². The molecular formula is C14H24O3S. The Hall–Kier alpha value is -0.640. The normalized spacial score (nSPS) is 30.1. The molecule has 0 aromatic carbocycles. The van der Waals surface area contributed by atoms with E-state index < -0.39 is 9.84 Å². The van der Waals surface area contributed by atoms with E-state index in [-0.39, 0.29) is 41.0 Å². The molecule has 4 atom stereocenters. The lowest BCUT2D eigenvalue weighted by atomic mass is 9.86. The highest BCUT2D eigenvalue weighted by Gasteiger charge is 2.38. The first-order valence-electron chi connectivity index (χ1n) is 6.64. The molecule has 1 saturated carbocycles. The van der Waals surface area contributed by atoms with E-state index >= 15 is 0 Å². The topological polar surface area (TPSA) is 51.2 Å². The van der Waals surface area contributed by atoms with E-state index in [1.807, 2.05) is 13.0 Å². The minimum atomic E-state index is -2.94. The second-order valence-electron chi connectivity index (χ2n) is 5.52. The lowest BCUT2D eigenvalue weighted by Gasteiger charge is -2.23. The summed E-state index contributed by atoms with van der Waals surface area (Å²) < 4.78 is 23.4. The van der Waals surface area contributed by atoms with E-state index in [1.165, 1.54) is 0 Å². The van der Waals surface area contributed by atoms with Crippen LogP contribution < -0.4 is 0 Å². The molecule has 1 aliphatic rings. The Labute approximate surface area is 111 Å². The molecule has 0 aromatic heterocycles. The van der Waals surface area contributed by atoms with Gasteiger partial charge in [-0.15, -0.1) is 6.58 Å². The summed E-state index contributed by atoms with van der Waals surface area (Å²) in [6.07, 6.45) is 3.54. The predicted octanol–water partition coefficient (Wildman–Crippen LogP) is 2.47. The molecule has 1 rings (SSSR count). The minimum Gasteiger partial charge on any atom is -0.300 e. The van der Waals surface area contributed by atoms with Gasteiger partial charge in [-0.2, -0.15) is 0 Å². The highest BCUT2D eigenvalue weighted by atomic mass is 32.2. The zero-order valence-corrected chi connectivity index (χ0v) is 12.4. The number of Topliss-reactive ketones (excluding diaryl/α,β-unsaturated/α-hetero) is 1. The molecule has 0 aliphatic heterocycles. The second kappa shape index (κ2) is 6.00. The number of rotatable bonds is 6. The number of hydrogen-bond donors (Lipinski definition) is 0. The van der Waals surface area contributed by atoms with Crippen molar-refractivity contribution in [1.29, 1.82) is 0 Å². The van der Waals surface area contributed by atoms with Gasteiger partial charge in [0.15, 0.2) is 0 Å². The van der Waals surface area contributed by atoms with Crippen LogP contribution in [-0.4, -0.2) is 25.7 Å². The molecule has 0 radical (unpaired) electrons. The monoisotopic (exact) mass is 272 g/mol. The molecule has 1 fully saturated rings. The SMILES string of the molecule is C=CC1CC(C(C)=O)CC1C(C)CS(=O)(=O)CC. The number of allylic oxidation sites excluding steroid dienone is 1. The summed E-state index contributed by atoms with van der Waals surface area (Å²) in [6.45, 7) is 9.11. The summed E-state index contributed by atoms with van der Waals surface area (Å²) in [5.74, 6) is 1.38. The average molecular weight is 272 g/mol. The van der Waals surface area contributed by atoms with Gasteiger partial charge in [0, 0.05) is 11.7 Å². The molecule has 1 aliphatic carbocycles. The van der Waals surface area contributed by atoms with Crippen molar-refractivity contribution in [3.63, 3.8) is 0 Å². The van der Waals surface area contributed by atoms with Gasteiger partial charge in [-0.1, -0.05) is 19.9 Å². The Bertz CT molecular complexity index is 411. The fourth-order valence-corrected chi connectivity index (χ4v) is 4.29. The van der Waals surface area contributed by atoms with Crippen LogP contribution in [0.5, 0.6) is 0 Å². The number of ketones is 1. The van der Waals surface area contributed by atoms with E-state index in [1.54, 1.807) is 13.8 Å². The molecule has 0 N–H and O–H groups in total. The van der Waals surface area contributed by atoms with Gasteiger partial charge in [-0.3, -0.25) is 4.79 Å². The van der Waals surface area contributed by atoms with Crippen molar-refractivity contribution >= 4 is 15.6 Å². The van der Waals surface area contributed by atoms with Gasteiger partial charge in [-0.25, -0.2) is 8.42 Å². The van der Waals surface area contributed by atoms with Gasteiger partial charge in [0.25, 0.3) is 0 Å². The molecule has 0 spiro atoms. The van der Waals surface area contributed by atoms with E-state index in [0.717, 1.165) is 12.8 Å². The van der Waals surface area contributed by atoms with Crippen LogP contribution in [0.1, 0.15) is 33.6 Å². The lowest BCUT2D eigenvalue weighted by Crippen LogP contribution is -2.24. The van der Waals surface area contributed by atoms with Crippen LogP contribution in [-0.2, 0) is 14.6 Å². The van der Waals surface area contributed by atoms with Crippen LogP contribution in [0.25, 0.3) is 0 Å². The summed E-state index contributed by atoms with van der Waals surface area (Å²) in [7, 11) is -2.94. The maximum Gasteiger partial charge on any atom is 0.150 e. The third kappa shape index (κ3) is 3.67. The van der Waals surface area contributed by atoms with Crippen molar-refractivity contribution in [1.82, 2.24) is 0 Å². The van der Waals surface area contributed by atoms with Gasteiger partial charge < -0.3 is 0 Å². The van der Waals surface area contributed by atoms with Crippen molar-refractivity contribution in [2.45, 2.75) is 33.6 Å². The van der Waals surface area contributed by atoms with Crippen molar-refractivity contribution in [2.24, 2.45) is 23.7 Å². The summed E-state index contributed by atoms with van der Waals surface area (Å²) in [5, 5.41) is 0. The number of sulfone groups is 1. The smallest absolute Gasteiger partial charge is 0.150 e. The first-order chi connectivity index (χ1) is 8.30. The van der Waals surface area contributed by atoms with Crippen LogP contribution in [0.3, 0.4) is 0 Å². The molecular weight excluding hydrogens is 248 g/mol. The quantitative estimate of drug-likeness (QED) is 0.698. The van der Waals surface area contributed by atoms with Crippen molar-refractivity contribution in [3.05, 3.63) is 12.7 Å². The van der Waals surface area contributed by atoms with Gasteiger partial charge in [0.1, 0.15) is 15.6 Å². The molecule has 104 valence electrons. The third-order valence-corrected chi connectivity index (χ3v) is 6.14. The fourth-order valence-electron chi connectivity index (χ4n) is 3.00. The Kier molecular flexibility index (Phi) is 5.14. The second-order valence-corrected chi connectivity index (χ2v) is 7.92. The molecule has 3 nitrogen and oxygen atoms in total. The van der Waals surface area contributed by atoms with Crippen LogP contribution in [0, 0.1) is 23.7 Å². The van der Waals surface area contributed by atoms with Crippen LogP contribution in [0.4, 0.5) is 0 Å². The number of carbonyl (C=O) groups excluding carboxylic acids is 1. The molecule has 0 aromatic rings. The molecule has 0 heterocycles. The first-order valence-corrected chi connectivity index (χ1v) is 8.46. The molecule has 0 bridgehead atoms. The third-order valence-electron chi connectivity index (χ3n) is 4.23. The Morgan fingerprint density at radius 1 is 1.44 bits per heavy atom. The minimum absolute atomic E-state index is 0.0878. The summed E-state index contributed by atoms with van der Waals surface area (Å²) >= 11 is 0. The summed E-state index contributed by atoms with van der Waals surface area (Å²) in [6, 6.07) is 0. The van der Waals surface area contributed by atoms with Crippen molar-refractivity contribution < 1.29 is 13.2 Å². The molecule has 18 heavy (non-hydrogen) atoms. The van der Waals surface area contributed by atoms with Crippen LogP contribution >= 0.6 is 0 Å². The zero-order valence-electron chi connectivity index (χ0n) is 11.6. The summed E-state index contributed by atoms with van der Waals surface area (Å²) in [4.78, 5) is 11.5. The van der Waals surface area contributed by atoms with E-state index in [4.69, 9.17) is 0 Å². The first kappa shape index (κ1) is 15.4. The molecule has 0 amide bonds. The highest BCUT2D eigenvalue weighted by molar-refractivity contribution is 7.91. The van der Waals surface area contributed by atoms with Gasteiger partial charge in [0.05, 0.1) is 5.75 Å². The van der Waals surface area contributed by atoms with E-state index in [9.17, 15) is 13.2 Å². The van der Waals surface area contributed by atoms with E-state index in [0.29, 0.717) is 0 Å². The Balaban J connectivity index is 2.75. The van der Waals surface area contributed by atoms with Gasteiger partial charge >= 0.3 is 0 Å². The standard InChI is InChI=1S/C14H24O3S/c1-5-12-7-13(11(4)15)8-14(12)10(3)9-18(16,17)6-2/h5,10,12-14H,1,6-9H2,2-4H3. The van der Waals surface area contributed by atoms with Gasteiger partial charge in [-0.05, 0) is 37.5 Å². The molecule has 4 heteroatoms.